The maximum Gasteiger partial charge on any atom is 0.255 e. The van der Waals surface area contributed by atoms with Crippen LogP contribution in [0.3, 0.4) is 0 Å². The van der Waals surface area contributed by atoms with Gasteiger partial charge in [-0.3, -0.25) is 24.0 Å². The van der Waals surface area contributed by atoms with E-state index >= 15 is 0 Å². The Balaban J connectivity index is 1.51. The van der Waals surface area contributed by atoms with Crippen molar-refractivity contribution < 1.29 is 33.8 Å². The summed E-state index contributed by atoms with van der Waals surface area (Å²) in [4.78, 5) is 80.4. The first kappa shape index (κ1) is 48.1. The average Bonchev–Trinajstić information content (AvgIpc) is 3.27. The van der Waals surface area contributed by atoms with Crippen molar-refractivity contribution in [2.75, 3.05) is 33.3 Å². The van der Waals surface area contributed by atoms with Gasteiger partial charge < -0.3 is 47.5 Å². The minimum atomic E-state index is -1.42. The van der Waals surface area contributed by atoms with Crippen LogP contribution in [0, 0.1) is 25.2 Å². The highest BCUT2D eigenvalue weighted by atomic mass is 16.5. The number of nitrogens with zero attached hydrogens (tertiary/aromatic N) is 4. The van der Waals surface area contributed by atoms with Crippen molar-refractivity contribution in [3.63, 3.8) is 0 Å². The zero-order chi connectivity index (χ0) is 46.5. The number of fused-ring (bicyclic) bond motifs is 5. The van der Waals surface area contributed by atoms with Crippen molar-refractivity contribution in [1.82, 2.24) is 36.1 Å². The van der Waals surface area contributed by atoms with E-state index in [1.165, 1.54) is 25.6 Å². The van der Waals surface area contributed by atoms with Gasteiger partial charge >= 0.3 is 0 Å². The number of amides is 5. The minimum absolute atomic E-state index is 0.00324. The molecular weight excluding hydrogens is 817 g/mol. The number of hydrogen-bond donors (Lipinski definition) is 7. The standard InChI is InChI=1S/C47H58N10O7/c1-6-7-8-9-30-10-13-32(14-11-30)42-52-27(2)40(28(3)53-42)45(61)55-36(18-19-48)47(63)57(5)41-33-15-17-39(64-23-21-50)35(26-33)34-24-31(12-16-38(34)58)25-37(44(60)51-22-20-49)56-43(59)29(4)54-46(41)62/h10-17,24,26,29,36-37,41,58H,6-9,18-19,21-23,25,48,50H2,1-5H3,(H,51,60)(H,54,62)(H,55,61)(H,56,59)/t29-,36?,37-,41-/m0/s1. The van der Waals surface area contributed by atoms with Crippen LogP contribution in [-0.4, -0.2) is 101 Å². The number of nitrogens with one attached hydrogen (secondary N) is 4. The van der Waals surface area contributed by atoms with Gasteiger partial charge in [-0.05, 0) is 87.5 Å². The number of ether oxygens (including phenoxy) is 1. The molecule has 2 heterocycles. The number of nitrogens with two attached hydrogens (primary N) is 2. The van der Waals surface area contributed by atoms with Crippen molar-refractivity contribution in [1.29, 1.82) is 5.26 Å². The van der Waals surface area contributed by atoms with Crippen LogP contribution in [0.1, 0.15) is 84.0 Å². The number of phenols is 1. The Labute approximate surface area is 373 Å². The van der Waals surface area contributed by atoms with E-state index in [4.69, 9.17) is 21.5 Å². The lowest BCUT2D eigenvalue weighted by atomic mass is 9.93. The number of rotatable bonds is 16. The number of aryl methyl sites for hydroxylation is 3. The molecule has 0 aliphatic carbocycles. The summed E-state index contributed by atoms with van der Waals surface area (Å²) in [5, 5.41) is 30.9. The lowest BCUT2D eigenvalue weighted by molar-refractivity contribution is -0.141. The van der Waals surface area contributed by atoms with E-state index in [9.17, 15) is 29.1 Å². The molecule has 4 atom stereocenters. The van der Waals surface area contributed by atoms with Gasteiger partial charge in [0.15, 0.2) is 5.82 Å². The fourth-order valence-corrected chi connectivity index (χ4v) is 7.65. The van der Waals surface area contributed by atoms with E-state index in [2.05, 4.69) is 50.3 Å². The first-order valence-corrected chi connectivity index (χ1v) is 21.5. The molecule has 0 radical (unpaired) electrons. The number of nitriles is 1. The molecule has 1 aliphatic rings. The molecule has 9 N–H and O–H groups in total. The normalized spacial score (nSPS) is 16.6. The Kier molecular flexibility index (Phi) is 16.9. The predicted octanol–water partition coefficient (Wildman–Crippen LogP) is 3.04. The van der Waals surface area contributed by atoms with Crippen LogP contribution in [0.2, 0.25) is 0 Å². The molecule has 5 rings (SSSR count). The maximum absolute atomic E-state index is 14.6. The summed E-state index contributed by atoms with van der Waals surface area (Å²) in [6, 6.07) is 14.3. The molecule has 1 aliphatic heterocycles. The number of aromatic hydroxyl groups is 1. The van der Waals surface area contributed by atoms with E-state index < -0.39 is 53.7 Å². The lowest BCUT2D eigenvalue weighted by Gasteiger charge is -2.32. The molecule has 3 aromatic carbocycles. The topological polar surface area (TPSA) is 268 Å². The third-order valence-corrected chi connectivity index (χ3v) is 11.0. The molecule has 0 saturated carbocycles. The summed E-state index contributed by atoms with van der Waals surface area (Å²) in [6.45, 7) is 6.95. The smallest absolute Gasteiger partial charge is 0.255 e. The number of benzene rings is 3. The van der Waals surface area contributed by atoms with Crippen molar-refractivity contribution in [2.45, 2.75) is 90.4 Å². The highest BCUT2D eigenvalue weighted by Gasteiger charge is 2.36. The quantitative estimate of drug-likeness (QED) is 0.0633. The molecular formula is C47H58N10O7. The van der Waals surface area contributed by atoms with Gasteiger partial charge in [-0.25, -0.2) is 9.97 Å². The molecule has 338 valence electrons. The fourth-order valence-electron chi connectivity index (χ4n) is 7.65. The Morgan fingerprint density at radius 1 is 0.969 bits per heavy atom. The second-order valence-corrected chi connectivity index (χ2v) is 15.8. The van der Waals surface area contributed by atoms with E-state index in [0.29, 0.717) is 34.1 Å². The number of phenolic OH excluding ortho intramolecular Hbond substituents is 1. The van der Waals surface area contributed by atoms with Crippen LogP contribution in [0.4, 0.5) is 0 Å². The summed E-state index contributed by atoms with van der Waals surface area (Å²) in [5.41, 5.74) is 16.2. The molecule has 4 bridgehead atoms. The van der Waals surface area contributed by atoms with Gasteiger partial charge in [0.05, 0.1) is 23.0 Å². The van der Waals surface area contributed by atoms with Crippen LogP contribution in [0.15, 0.2) is 60.7 Å². The highest BCUT2D eigenvalue weighted by Crippen LogP contribution is 2.39. The zero-order valence-corrected chi connectivity index (χ0v) is 37.0. The first-order chi connectivity index (χ1) is 30.7. The van der Waals surface area contributed by atoms with Gasteiger partial charge in [-0.15, -0.1) is 0 Å². The van der Waals surface area contributed by atoms with Gasteiger partial charge in [0.2, 0.25) is 23.6 Å². The minimum Gasteiger partial charge on any atom is -0.507 e. The van der Waals surface area contributed by atoms with Gasteiger partial charge in [-0.1, -0.05) is 56.2 Å². The highest BCUT2D eigenvalue weighted by molar-refractivity contribution is 6.00. The van der Waals surface area contributed by atoms with Gasteiger partial charge in [-0.2, -0.15) is 5.26 Å². The fraction of sp³-hybridized carbons (Fsp3) is 0.404. The third-order valence-electron chi connectivity index (χ3n) is 11.0. The number of hydrogen-bond acceptors (Lipinski definition) is 12. The van der Waals surface area contributed by atoms with Crippen LogP contribution < -0.4 is 37.5 Å². The molecule has 0 fully saturated rings. The lowest BCUT2D eigenvalue weighted by Crippen LogP contribution is -2.56. The average molecular weight is 875 g/mol. The van der Waals surface area contributed by atoms with E-state index in [1.807, 2.05) is 18.2 Å². The number of likely N-dealkylation sites (N-methyl/N-ethyl adjacent to an activating group) is 1. The van der Waals surface area contributed by atoms with Crippen molar-refractivity contribution >= 4 is 29.5 Å². The summed E-state index contributed by atoms with van der Waals surface area (Å²) in [5.74, 6) is -2.82. The molecule has 4 aromatic rings. The van der Waals surface area contributed by atoms with Gasteiger partial charge in [0, 0.05) is 36.7 Å². The molecule has 0 saturated heterocycles. The molecule has 5 amide bonds. The summed E-state index contributed by atoms with van der Waals surface area (Å²) in [6.07, 6.45) is 4.35. The maximum atomic E-state index is 14.6. The van der Waals surface area contributed by atoms with Crippen molar-refractivity contribution in [2.24, 2.45) is 11.5 Å². The molecule has 17 nitrogen and oxygen atoms in total. The van der Waals surface area contributed by atoms with E-state index in [-0.39, 0.29) is 61.5 Å². The number of unbranched alkanes of at least 4 members (excludes halogenated alkanes) is 2. The largest absolute Gasteiger partial charge is 0.507 e. The van der Waals surface area contributed by atoms with Crippen LogP contribution in [0.5, 0.6) is 11.5 Å². The zero-order valence-electron chi connectivity index (χ0n) is 37.0. The molecule has 17 heteroatoms. The Hall–Kier alpha value is -6.90. The Morgan fingerprint density at radius 2 is 1.69 bits per heavy atom. The van der Waals surface area contributed by atoms with Crippen LogP contribution in [0.25, 0.3) is 22.5 Å². The molecule has 64 heavy (non-hydrogen) atoms. The number of carbonyl (C=O) groups excluding carboxylic acids is 5. The van der Waals surface area contributed by atoms with Crippen molar-refractivity contribution in [3.8, 4) is 40.1 Å². The van der Waals surface area contributed by atoms with Crippen molar-refractivity contribution in [3.05, 3.63) is 94.3 Å². The van der Waals surface area contributed by atoms with Gasteiger partial charge in [0.1, 0.15) is 48.8 Å². The van der Waals surface area contributed by atoms with Crippen LogP contribution >= 0.6 is 0 Å². The molecule has 0 spiro atoms. The molecule has 1 aromatic heterocycles. The van der Waals surface area contributed by atoms with E-state index in [0.717, 1.165) is 36.1 Å². The Bertz CT molecular complexity index is 2360. The monoisotopic (exact) mass is 874 g/mol. The Morgan fingerprint density at radius 3 is 2.34 bits per heavy atom. The number of aromatic nitrogens is 2. The SMILES string of the molecule is CCCCCc1ccc(-c2nc(C)c(C(=O)NC(CCN)C(=O)N(C)[C@@H]3C(=O)N[C@@H](C)C(=O)N[C@H](C(=O)NCC#N)Cc4ccc(O)c(c4)-c4cc3ccc4OCCN)c(C)n2)cc1. The third kappa shape index (κ3) is 11.8. The van der Waals surface area contributed by atoms with E-state index in [1.54, 1.807) is 44.2 Å². The predicted molar refractivity (Wildman–Crippen MR) is 241 cm³/mol. The van der Waals surface area contributed by atoms with Gasteiger partial charge in [0.25, 0.3) is 5.91 Å². The number of carbonyl (C=O) groups is 5. The summed E-state index contributed by atoms with van der Waals surface area (Å²) < 4.78 is 5.98. The van der Waals surface area contributed by atoms with Crippen LogP contribution in [-0.2, 0) is 32.0 Å². The second kappa shape index (κ2) is 22.5. The molecule has 1 unspecified atom stereocenters. The summed E-state index contributed by atoms with van der Waals surface area (Å²) in [7, 11) is 1.39. The summed E-state index contributed by atoms with van der Waals surface area (Å²) >= 11 is 0. The second-order valence-electron chi connectivity index (χ2n) is 15.8. The first-order valence-electron chi connectivity index (χ1n) is 21.5.